The van der Waals surface area contributed by atoms with Crippen LogP contribution in [-0.4, -0.2) is 6.61 Å². The van der Waals surface area contributed by atoms with Crippen LogP contribution < -0.4 is 0 Å². The Labute approximate surface area is 64.1 Å². The van der Waals surface area contributed by atoms with Crippen molar-refractivity contribution < 1.29 is 4.74 Å². The fourth-order valence-electron chi connectivity index (χ4n) is 0.512. The molecule has 0 rings (SSSR count). The van der Waals surface area contributed by atoms with Crippen LogP contribution in [0.4, 0.5) is 0 Å². The zero-order chi connectivity index (χ0) is 7.82. The summed E-state index contributed by atoms with van der Waals surface area (Å²) in [5, 5.41) is 0. The highest BCUT2D eigenvalue weighted by molar-refractivity contribution is 4.90. The summed E-state index contributed by atoms with van der Waals surface area (Å²) in [6.07, 6.45) is 5.33. The highest BCUT2D eigenvalue weighted by Gasteiger charge is 1.83. The van der Waals surface area contributed by atoms with E-state index in [0.717, 1.165) is 19.4 Å². The Morgan fingerprint density at radius 3 is 2.60 bits per heavy atom. The van der Waals surface area contributed by atoms with Crippen molar-refractivity contribution in [1.29, 1.82) is 0 Å². The Hall–Kier alpha value is -0.460. The second kappa shape index (κ2) is 6.66. The fraction of sp³-hybridized carbons (Fsp3) is 0.778. The van der Waals surface area contributed by atoms with E-state index in [9.17, 15) is 0 Å². The number of unbranched alkanes of at least 4 members (excludes halogenated alkanes) is 1. The molecule has 0 aliphatic rings. The van der Waals surface area contributed by atoms with Crippen LogP contribution in [0.3, 0.4) is 0 Å². The van der Waals surface area contributed by atoms with Gasteiger partial charge in [0.2, 0.25) is 0 Å². The van der Waals surface area contributed by atoms with Gasteiger partial charge < -0.3 is 4.74 Å². The molecule has 1 nitrogen and oxygen atoms in total. The summed E-state index contributed by atoms with van der Waals surface area (Å²) < 4.78 is 5.26. The molecule has 0 aromatic rings. The Bertz CT molecular complexity index is 94.9. The molecule has 0 N–H and O–H groups in total. The molecule has 0 amide bonds. The monoisotopic (exact) mass is 142 g/mol. The summed E-state index contributed by atoms with van der Waals surface area (Å²) in [5.41, 5.74) is 1.32. The van der Waals surface area contributed by atoms with E-state index in [-0.39, 0.29) is 0 Å². The lowest BCUT2D eigenvalue weighted by Gasteiger charge is -1.99. The van der Waals surface area contributed by atoms with E-state index in [1.165, 1.54) is 12.0 Å². The van der Waals surface area contributed by atoms with Crippen LogP contribution in [0, 0.1) is 0 Å². The molecule has 0 aliphatic heterocycles. The van der Waals surface area contributed by atoms with E-state index in [2.05, 4.69) is 20.8 Å². The molecule has 0 saturated carbocycles. The number of hydrogen-bond donors (Lipinski definition) is 0. The number of allylic oxidation sites excluding steroid dienone is 1. The molecule has 0 saturated heterocycles. The summed E-state index contributed by atoms with van der Waals surface area (Å²) in [5.74, 6) is 0. The summed E-state index contributed by atoms with van der Waals surface area (Å²) in [6, 6.07) is 0. The van der Waals surface area contributed by atoms with Crippen molar-refractivity contribution in [2.75, 3.05) is 6.61 Å². The molecule has 1 heteroatoms. The average molecular weight is 142 g/mol. The normalized spacial score (nSPS) is 11.7. The molecular weight excluding hydrogens is 124 g/mol. The van der Waals surface area contributed by atoms with Crippen LogP contribution >= 0.6 is 0 Å². The van der Waals surface area contributed by atoms with E-state index in [4.69, 9.17) is 4.74 Å². The van der Waals surface area contributed by atoms with Gasteiger partial charge in [0.05, 0.1) is 12.9 Å². The summed E-state index contributed by atoms with van der Waals surface area (Å²) in [4.78, 5) is 0. The van der Waals surface area contributed by atoms with Gasteiger partial charge in [0.1, 0.15) is 0 Å². The first kappa shape index (κ1) is 9.54. The van der Waals surface area contributed by atoms with Crippen LogP contribution in [0.15, 0.2) is 11.8 Å². The van der Waals surface area contributed by atoms with E-state index >= 15 is 0 Å². The molecule has 0 aromatic carbocycles. The second-order valence-electron chi connectivity index (χ2n) is 2.54. The average Bonchev–Trinajstić information content (AvgIpc) is 1.98. The Kier molecular flexibility index (Phi) is 6.35. The molecule has 0 heterocycles. The van der Waals surface area contributed by atoms with Crippen LogP contribution in [-0.2, 0) is 4.74 Å². The van der Waals surface area contributed by atoms with Crippen molar-refractivity contribution in [2.45, 2.75) is 40.0 Å². The maximum atomic E-state index is 5.26. The predicted octanol–water partition coefficient (Wildman–Crippen LogP) is 3.12. The topological polar surface area (TPSA) is 9.23 Å². The van der Waals surface area contributed by atoms with Crippen molar-refractivity contribution >= 4 is 0 Å². The molecule has 10 heavy (non-hydrogen) atoms. The van der Waals surface area contributed by atoms with Crippen LogP contribution in [0.1, 0.15) is 40.0 Å². The molecular formula is C9H18O. The lowest BCUT2D eigenvalue weighted by atomic mass is 10.3. The second-order valence-corrected chi connectivity index (χ2v) is 2.54. The summed E-state index contributed by atoms with van der Waals surface area (Å²) >= 11 is 0. The minimum absolute atomic E-state index is 0.869. The van der Waals surface area contributed by atoms with Gasteiger partial charge in [-0.05, 0) is 25.3 Å². The van der Waals surface area contributed by atoms with Gasteiger partial charge in [-0.25, -0.2) is 0 Å². The highest BCUT2D eigenvalue weighted by Crippen LogP contribution is 1.98. The van der Waals surface area contributed by atoms with Crippen LogP contribution in [0.5, 0.6) is 0 Å². The Morgan fingerprint density at radius 2 is 2.10 bits per heavy atom. The van der Waals surface area contributed by atoms with Gasteiger partial charge in [0, 0.05) is 0 Å². The Balaban J connectivity index is 3.16. The molecule has 0 fully saturated rings. The largest absolute Gasteiger partial charge is 0.501 e. The molecule has 0 bridgehead atoms. The van der Waals surface area contributed by atoms with Gasteiger partial charge in [0.25, 0.3) is 0 Å². The van der Waals surface area contributed by atoms with Gasteiger partial charge >= 0.3 is 0 Å². The number of hydrogen-bond acceptors (Lipinski definition) is 1. The molecule has 0 unspecified atom stereocenters. The first-order valence-corrected chi connectivity index (χ1v) is 4.08. The zero-order valence-electron chi connectivity index (χ0n) is 7.31. The maximum Gasteiger partial charge on any atom is 0.0873 e. The molecule has 0 atom stereocenters. The van der Waals surface area contributed by atoms with Gasteiger partial charge in [0.15, 0.2) is 0 Å². The van der Waals surface area contributed by atoms with Gasteiger partial charge in [-0.3, -0.25) is 0 Å². The molecule has 0 aliphatic carbocycles. The minimum atomic E-state index is 0.869. The Morgan fingerprint density at radius 1 is 1.40 bits per heavy atom. The SMILES string of the molecule is CCCCOC=C(C)CC. The quantitative estimate of drug-likeness (QED) is 0.423. The van der Waals surface area contributed by atoms with Crippen LogP contribution in [0.25, 0.3) is 0 Å². The lowest BCUT2D eigenvalue weighted by molar-refractivity contribution is 0.240. The van der Waals surface area contributed by atoms with E-state index < -0.39 is 0 Å². The summed E-state index contributed by atoms with van der Waals surface area (Å²) in [6.45, 7) is 7.26. The van der Waals surface area contributed by atoms with Crippen molar-refractivity contribution in [3.63, 3.8) is 0 Å². The van der Waals surface area contributed by atoms with E-state index in [1.54, 1.807) is 0 Å². The lowest BCUT2D eigenvalue weighted by Crippen LogP contribution is -1.86. The van der Waals surface area contributed by atoms with E-state index in [0.29, 0.717) is 0 Å². The highest BCUT2D eigenvalue weighted by atomic mass is 16.5. The first-order valence-electron chi connectivity index (χ1n) is 4.08. The molecule has 0 radical (unpaired) electrons. The van der Waals surface area contributed by atoms with Gasteiger partial charge in [-0.1, -0.05) is 20.3 Å². The first-order chi connectivity index (χ1) is 4.81. The standard InChI is InChI=1S/C9H18O/c1-4-6-7-10-8-9(3)5-2/h8H,4-7H2,1-3H3. The van der Waals surface area contributed by atoms with Crippen molar-refractivity contribution in [1.82, 2.24) is 0 Å². The third-order valence-corrected chi connectivity index (χ3v) is 1.46. The summed E-state index contributed by atoms with van der Waals surface area (Å²) in [7, 11) is 0. The van der Waals surface area contributed by atoms with Gasteiger partial charge in [-0.2, -0.15) is 0 Å². The zero-order valence-corrected chi connectivity index (χ0v) is 7.31. The molecule has 60 valence electrons. The fourth-order valence-corrected chi connectivity index (χ4v) is 0.512. The van der Waals surface area contributed by atoms with Crippen molar-refractivity contribution in [3.8, 4) is 0 Å². The predicted molar refractivity (Wildman–Crippen MR) is 44.9 cm³/mol. The van der Waals surface area contributed by atoms with Gasteiger partial charge in [-0.15, -0.1) is 0 Å². The van der Waals surface area contributed by atoms with Crippen molar-refractivity contribution in [2.24, 2.45) is 0 Å². The van der Waals surface area contributed by atoms with E-state index in [1.807, 2.05) is 6.26 Å². The van der Waals surface area contributed by atoms with Crippen LogP contribution in [0.2, 0.25) is 0 Å². The molecule has 0 aromatic heterocycles. The maximum absolute atomic E-state index is 5.26. The van der Waals surface area contributed by atoms with Crippen molar-refractivity contribution in [3.05, 3.63) is 11.8 Å². The number of ether oxygens (including phenoxy) is 1. The third kappa shape index (κ3) is 5.67. The number of rotatable bonds is 5. The third-order valence-electron chi connectivity index (χ3n) is 1.46. The molecule has 0 spiro atoms. The minimum Gasteiger partial charge on any atom is -0.501 e. The smallest absolute Gasteiger partial charge is 0.0873 e.